The van der Waals surface area contributed by atoms with E-state index in [9.17, 15) is 8.78 Å². The summed E-state index contributed by atoms with van der Waals surface area (Å²) in [5.41, 5.74) is 0.839. The minimum atomic E-state index is -2.86. The number of anilines is 1. The predicted molar refractivity (Wildman–Crippen MR) is 76.8 cm³/mol. The summed E-state index contributed by atoms with van der Waals surface area (Å²) in [5.74, 6) is 0.00742. The molecule has 3 nitrogen and oxygen atoms in total. The van der Waals surface area contributed by atoms with Gasteiger partial charge in [-0.15, -0.1) is 0 Å². The van der Waals surface area contributed by atoms with Gasteiger partial charge in [-0.05, 0) is 37.6 Å². The van der Waals surface area contributed by atoms with Crippen molar-refractivity contribution in [3.8, 4) is 5.75 Å². The van der Waals surface area contributed by atoms with Crippen LogP contribution in [-0.2, 0) is 0 Å². The van der Waals surface area contributed by atoms with Crippen molar-refractivity contribution in [1.82, 2.24) is 4.90 Å². The van der Waals surface area contributed by atoms with E-state index in [1.807, 2.05) is 0 Å². The van der Waals surface area contributed by atoms with E-state index in [1.165, 1.54) is 6.07 Å². The number of hydrogen-bond acceptors (Lipinski definition) is 3. The first-order valence-corrected chi connectivity index (χ1v) is 7.19. The molecule has 1 aliphatic rings. The second-order valence-electron chi connectivity index (χ2n) is 4.88. The third-order valence-corrected chi connectivity index (χ3v) is 3.85. The van der Waals surface area contributed by atoms with E-state index in [0.717, 1.165) is 38.2 Å². The summed E-state index contributed by atoms with van der Waals surface area (Å²) in [7, 11) is 0. The second kappa shape index (κ2) is 7.09. The molecule has 0 bridgehead atoms. The standard InChI is InChI=1S/C14H19ClF2N2O/c1-2-19-7-5-10(6-8-19)18-11-3-4-13(12(15)9-11)20-14(16)17/h3-4,9-10,14,18H,2,5-8H2,1H3. The van der Waals surface area contributed by atoms with Crippen LogP contribution in [0.2, 0.25) is 5.02 Å². The average molecular weight is 305 g/mol. The van der Waals surface area contributed by atoms with Crippen molar-refractivity contribution in [2.45, 2.75) is 32.4 Å². The van der Waals surface area contributed by atoms with E-state index in [-0.39, 0.29) is 10.8 Å². The van der Waals surface area contributed by atoms with Crippen molar-refractivity contribution in [2.24, 2.45) is 0 Å². The molecule has 6 heteroatoms. The summed E-state index contributed by atoms with van der Waals surface area (Å²) < 4.78 is 28.6. The maximum absolute atomic E-state index is 12.1. The van der Waals surface area contributed by atoms with E-state index in [0.29, 0.717) is 6.04 Å². The number of ether oxygens (including phenoxy) is 1. The molecule has 0 unspecified atom stereocenters. The first-order chi connectivity index (χ1) is 9.58. The topological polar surface area (TPSA) is 24.5 Å². The Hall–Kier alpha value is -1.07. The Morgan fingerprint density at radius 2 is 2.10 bits per heavy atom. The molecule has 0 atom stereocenters. The molecule has 1 fully saturated rings. The van der Waals surface area contributed by atoms with Gasteiger partial charge >= 0.3 is 6.61 Å². The number of nitrogens with zero attached hydrogens (tertiary/aromatic N) is 1. The van der Waals surface area contributed by atoms with Crippen molar-refractivity contribution in [1.29, 1.82) is 0 Å². The van der Waals surface area contributed by atoms with Crippen LogP contribution < -0.4 is 10.1 Å². The Balaban J connectivity index is 1.92. The van der Waals surface area contributed by atoms with Crippen molar-refractivity contribution < 1.29 is 13.5 Å². The Labute approximate surface area is 122 Å². The van der Waals surface area contributed by atoms with Gasteiger partial charge in [-0.2, -0.15) is 8.78 Å². The lowest BCUT2D eigenvalue weighted by Crippen LogP contribution is -2.38. The van der Waals surface area contributed by atoms with Gasteiger partial charge in [-0.3, -0.25) is 0 Å². The highest BCUT2D eigenvalue weighted by molar-refractivity contribution is 6.32. The van der Waals surface area contributed by atoms with Gasteiger partial charge < -0.3 is 15.0 Å². The quantitative estimate of drug-likeness (QED) is 0.894. The van der Waals surface area contributed by atoms with Gasteiger partial charge in [0.05, 0.1) is 5.02 Å². The van der Waals surface area contributed by atoms with Crippen LogP contribution in [0.4, 0.5) is 14.5 Å². The molecular weight excluding hydrogens is 286 g/mol. The molecule has 0 spiro atoms. The molecule has 0 radical (unpaired) electrons. The van der Waals surface area contributed by atoms with Gasteiger partial charge in [0.25, 0.3) is 0 Å². The lowest BCUT2D eigenvalue weighted by molar-refractivity contribution is -0.0497. The van der Waals surface area contributed by atoms with Crippen molar-refractivity contribution >= 4 is 17.3 Å². The summed E-state index contributed by atoms with van der Waals surface area (Å²) in [5, 5.41) is 3.59. The van der Waals surface area contributed by atoms with Gasteiger partial charge in [-0.25, -0.2) is 0 Å². The number of benzene rings is 1. The van der Waals surface area contributed by atoms with Crippen LogP contribution in [0.25, 0.3) is 0 Å². The molecule has 0 aromatic heterocycles. The van der Waals surface area contributed by atoms with Crippen LogP contribution in [-0.4, -0.2) is 37.2 Å². The minimum Gasteiger partial charge on any atom is -0.433 e. The Morgan fingerprint density at radius 3 is 2.65 bits per heavy atom. The fourth-order valence-corrected chi connectivity index (χ4v) is 2.64. The molecule has 0 aliphatic carbocycles. The van der Waals surface area contributed by atoms with Gasteiger partial charge in [-0.1, -0.05) is 18.5 Å². The number of alkyl halides is 2. The summed E-state index contributed by atoms with van der Waals surface area (Å²) in [6.45, 7) is 2.54. The van der Waals surface area contributed by atoms with Gasteiger partial charge in [0.1, 0.15) is 5.75 Å². The molecule has 112 valence electrons. The van der Waals surface area contributed by atoms with Crippen molar-refractivity contribution in [2.75, 3.05) is 25.0 Å². The maximum atomic E-state index is 12.1. The minimum absolute atomic E-state index is 0.00742. The smallest absolute Gasteiger partial charge is 0.387 e. The number of halogens is 3. The lowest BCUT2D eigenvalue weighted by atomic mass is 10.0. The Morgan fingerprint density at radius 1 is 1.40 bits per heavy atom. The SMILES string of the molecule is CCN1CCC(Nc2ccc(OC(F)F)c(Cl)c2)CC1. The Kier molecular flexibility index (Phi) is 5.43. The summed E-state index contributed by atoms with van der Waals surface area (Å²) in [6, 6.07) is 5.22. The third-order valence-electron chi connectivity index (χ3n) is 3.55. The van der Waals surface area contributed by atoms with Crippen molar-refractivity contribution in [3.63, 3.8) is 0 Å². The normalized spacial score (nSPS) is 17.4. The molecular formula is C14H19ClF2N2O. The monoisotopic (exact) mass is 304 g/mol. The molecule has 0 amide bonds. The molecule has 1 heterocycles. The second-order valence-corrected chi connectivity index (χ2v) is 5.28. The van der Waals surface area contributed by atoms with E-state index in [1.54, 1.807) is 12.1 Å². The molecule has 1 saturated heterocycles. The highest BCUT2D eigenvalue weighted by Crippen LogP contribution is 2.29. The summed E-state index contributed by atoms with van der Waals surface area (Å²) in [4.78, 5) is 2.41. The molecule has 1 N–H and O–H groups in total. The van der Waals surface area contributed by atoms with Crippen LogP contribution in [0.1, 0.15) is 19.8 Å². The number of rotatable bonds is 5. The lowest BCUT2D eigenvalue weighted by Gasteiger charge is -2.32. The molecule has 0 saturated carbocycles. The molecule has 20 heavy (non-hydrogen) atoms. The number of likely N-dealkylation sites (tertiary alicyclic amines) is 1. The Bertz CT molecular complexity index is 437. The van der Waals surface area contributed by atoms with Crippen molar-refractivity contribution in [3.05, 3.63) is 23.2 Å². The predicted octanol–water partition coefficient (Wildman–Crippen LogP) is 3.84. The molecule has 1 aromatic rings. The van der Waals surface area contributed by atoms with E-state index >= 15 is 0 Å². The van der Waals surface area contributed by atoms with Crippen LogP contribution in [0.5, 0.6) is 5.75 Å². The fraction of sp³-hybridized carbons (Fsp3) is 0.571. The fourth-order valence-electron chi connectivity index (χ4n) is 2.41. The van der Waals surface area contributed by atoms with E-state index in [4.69, 9.17) is 11.6 Å². The van der Waals surface area contributed by atoms with Gasteiger partial charge in [0.2, 0.25) is 0 Å². The number of hydrogen-bond donors (Lipinski definition) is 1. The first kappa shape index (κ1) is 15.3. The molecule has 2 rings (SSSR count). The van der Waals surface area contributed by atoms with E-state index < -0.39 is 6.61 Å². The average Bonchev–Trinajstić information content (AvgIpc) is 2.42. The van der Waals surface area contributed by atoms with Crippen LogP contribution in [0, 0.1) is 0 Å². The summed E-state index contributed by atoms with van der Waals surface area (Å²) >= 11 is 5.93. The van der Waals surface area contributed by atoms with E-state index in [2.05, 4.69) is 21.9 Å². The zero-order valence-electron chi connectivity index (χ0n) is 11.4. The first-order valence-electron chi connectivity index (χ1n) is 6.81. The maximum Gasteiger partial charge on any atom is 0.387 e. The third kappa shape index (κ3) is 4.21. The molecule has 1 aliphatic heterocycles. The summed E-state index contributed by atoms with van der Waals surface area (Å²) in [6.07, 6.45) is 2.14. The van der Waals surface area contributed by atoms with Crippen LogP contribution in [0.3, 0.4) is 0 Å². The largest absolute Gasteiger partial charge is 0.433 e. The zero-order valence-corrected chi connectivity index (χ0v) is 12.2. The van der Waals surface area contributed by atoms with Crippen LogP contribution in [0.15, 0.2) is 18.2 Å². The van der Waals surface area contributed by atoms with Gasteiger partial charge in [0.15, 0.2) is 0 Å². The number of nitrogens with one attached hydrogen (secondary N) is 1. The van der Waals surface area contributed by atoms with Crippen LogP contribution >= 0.6 is 11.6 Å². The molecule has 1 aromatic carbocycles. The van der Waals surface area contributed by atoms with Gasteiger partial charge in [0, 0.05) is 24.8 Å². The highest BCUT2D eigenvalue weighted by atomic mass is 35.5. The number of piperidine rings is 1. The zero-order chi connectivity index (χ0) is 14.5. The highest BCUT2D eigenvalue weighted by Gasteiger charge is 2.18.